The predicted octanol–water partition coefficient (Wildman–Crippen LogP) is 16.0. The summed E-state index contributed by atoms with van der Waals surface area (Å²) in [4.78, 5) is 21.5. The lowest BCUT2D eigenvalue weighted by atomic mass is 9.91. The van der Waals surface area contributed by atoms with Gasteiger partial charge in [-0.1, -0.05) is 176 Å². The first-order valence-electron chi connectivity index (χ1n) is 23.3. The third-order valence-electron chi connectivity index (χ3n) is 13.7. The lowest BCUT2D eigenvalue weighted by molar-refractivity contribution is 0.669. The molecule has 69 heavy (non-hydrogen) atoms. The van der Waals surface area contributed by atoms with E-state index >= 15 is 0 Å². The summed E-state index contributed by atoms with van der Waals surface area (Å²) in [5.74, 6) is 1.32. The van der Waals surface area contributed by atoms with Crippen LogP contribution in [0, 0.1) is 0 Å². The highest BCUT2D eigenvalue weighted by Gasteiger charge is 2.22. The number of nitrogens with zero attached hydrogens (tertiary/aromatic N) is 5. The largest absolute Gasteiger partial charge is 0.456 e. The van der Waals surface area contributed by atoms with Gasteiger partial charge in [0.05, 0.1) is 33.5 Å². The van der Waals surface area contributed by atoms with Crippen molar-refractivity contribution in [2.24, 2.45) is 0 Å². The maximum atomic E-state index is 6.36. The van der Waals surface area contributed by atoms with Gasteiger partial charge in [0, 0.05) is 49.0 Å². The van der Waals surface area contributed by atoms with Gasteiger partial charge >= 0.3 is 0 Å². The minimum atomic E-state index is 0.610. The Kier molecular flexibility index (Phi) is 8.86. The average molecular weight is 882 g/mol. The van der Waals surface area contributed by atoms with Crippen molar-refractivity contribution in [3.63, 3.8) is 0 Å². The molecule has 0 N–H and O–H groups in total. The summed E-state index contributed by atoms with van der Waals surface area (Å²) in [5.41, 5.74) is 15.0. The fourth-order valence-electron chi connectivity index (χ4n) is 10.5. The highest BCUT2D eigenvalue weighted by atomic mass is 16.3. The standard InChI is InChI=1S/C63H39N5O/c1-4-17-39(18-5-1)35-44-38-53-59(60(40-19-6-2-7-20-40)66-62(64-53)41-21-8-3-9-22-41)51-37-42(31-33-45(44)51)43-32-34-55-50(36-43)46-23-11-14-28-54(46)68(55)63-65-52-27-13-10-24-47(52)61(67-63)49-26-16-30-57-58(49)48-25-12-15-29-56(48)69-57/h1-34,36-38H,35H2. The van der Waals surface area contributed by atoms with Gasteiger partial charge in [0.1, 0.15) is 11.2 Å². The van der Waals surface area contributed by atoms with E-state index in [2.05, 4.69) is 187 Å². The lowest BCUT2D eigenvalue weighted by Crippen LogP contribution is -2.03. The van der Waals surface area contributed by atoms with E-state index in [0.717, 1.165) is 117 Å². The van der Waals surface area contributed by atoms with Gasteiger partial charge in [-0.2, -0.15) is 0 Å². The summed E-state index contributed by atoms with van der Waals surface area (Å²) in [6.07, 6.45) is 0.774. The smallest absolute Gasteiger partial charge is 0.235 e. The summed E-state index contributed by atoms with van der Waals surface area (Å²) in [6.45, 7) is 0. The average Bonchev–Trinajstić information content (AvgIpc) is 3.97. The number of hydrogen-bond acceptors (Lipinski definition) is 5. The molecule has 4 aromatic heterocycles. The van der Waals surface area contributed by atoms with Crippen molar-refractivity contribution < 1.29 is 4.42 Å². The zero-order valence-corrected chi connectivity index (χ0v) is 37.2. The number of para-hydroxylation sites is 3. The SMILES string of the molecule is c1ccc(Cc2cc3nc(-c4ccccc4)nc(-c4ccccc4)c3c3cc(-c4ccc5c(c4)c4ccccc4n5-c4nc(-c5cccc6oc7ccccc7c56)c5ccccc5n4)ccc23)cc1. The molecule has 0 aliphatic heterocycles. The third-order valence-corrected chi connectivity index (χ3v) is 13.7. The first-order valence-corrected chi connectivity index (χ1v) is 23.3. The summed E-state index contributed by atoms with van der Waals surface area (Å²) in [5, 5.41) is 8.67. The Bertz CT molecular complexity index is 4330. The number of benzene rings is 10. The number of furan rings is 1. The molecule has 0 saturated heterocycles. The minimum absolute atomic E-state index is 0.610. The molecule has 0 bridgehead atoms. The third kappa shape index (κ3) is 6.41. The Morgan fingerprint density at radius 2 is 1.01 bits per heavy atom. The first-order chi connectivity index (χ1) is 34.2. The number of hydrogen-bond donors (Lipinski definition) is 0. The number of aromatic nitrogens is 5. The van der Waals surface area contributed by atoms with Crippen LogP contribution in [-0.2, 0) is 6.42 Å². The monoisotopic (exact) mass is 881 g/mol. The van der Waals surface area contributed by atoms with Crippen LogP contribution in [0.2, 0.25) is 0 Å². The molecule has 322 valence electrons. The van der Waals surface area contributed by atoms with E-state index in [0.29, 0.717) is 11.8 Å². The molecule has 0 aliphatic rings. The van der Waals surface area contributed by atoms with E-state index in [1.165, 1.54) is 16.5 Å². The molecule has 0 amide bonds. The van der Waals surface area contributed by atoms with Gasteiger partial charge in [0.25, 0.3) is 0 Å². The summed E-state index contributed by atoms with van der Waals surface area (Å²) in [7, 11) is 0. The second kappa shape index (κ2) is 15.7. The molecule has 14 aromatic rings. The van der Waals surface area contributed by atoms with Crippen molar-refractivity contribution >= 4 is 76.3 Å². The van der Waals surface area contributed by atoms with E-state index in [1.807, 2.05) is 42.5 Å². The van der Waals surface area contributed by atoms with Crippen molar-refractivity contribution in [3.05, 3.63) is 236 Å². The Balaban J connectivity index is 0.983. The molecular weight excluding hydrogens is 843 g/mol. The predicted molar refractivity (Wildman–Crippen MR) is 283 cm³/mol. The van der Waals surface area contributed by atoms with Gasteiger partial charge in [0.15, 0.2) is 5.82 Å². The van der Waals surface area contributed by atoms with Gasteiger partial charge < -0.3 is 4.42 Å². The Morgan fingerprint density at radius 3 is 1.84 bits per heavy atom. The molecule has 0 spiro atoms. The van der Waals surface area contributed by atoms with Crippen LogP contribution in [0.15, 0.2) is 229 Å². The van der Waals surface area contributed by atoms with Crippen LogP contribution in [0.5, 0.6) is 0 Å². The molecule has 6 nitrogen and oxygen atoms in total. The van der Waals surface area contributed by atoms with Crippen LogP contribution < -0.4 is 0 Å². The van der Waals surface area contributed by atoms with Crippen LogP contribution in [-0.4, -0.2) is 24.5 Å². The van der Waals surface area contributed by atoms with E-state index in [4.69, 9.17) is 24.4 Å². The summed E-state index contributed by atoms with van der Waals surface area (Å²) in [6, 6.07) is 78.8. The first kappa shape index (κ1) is 39.0. The van der Waals surface area contributed by atoms with Gasteiger partial charge in [-0.25, -0.2) is 19.9 Å². The van der Waals surface area contributed by atoms with Gasteiger partial charge in [-0.3, -0.25) is 4.57 Å². The van der Waals surface area contributed by atoms with Crippen molar-refractivity contribution in [1.29, 1.82) is 0 Å². The topological polar surface area (TPSA) is 69.6 Å². The van der Waals surface area contributed by atoms with Gasteiger partial charge in [-0.15, -0.1) is 0 Å². The molecule has 0 radical (unpaired) electrons. The highest BCUT2D eigenvalue weighted by Crippen LogP contribution is 2.42. The quantitative estimate of drug-likeness (QED) is 0.149. The van der Waals surface area contributed by atoms with Crippen LogP contribution in [0.25, 0.3) is 127 Å². The molecule has 0 atom stereocenters. The van der Waals surface area contributed by atoms with Crippen molar-refractivity contribution in [1.82, 2.24) is 24.5 Å². The fraction of sp³-hybridized carbons (Fsp3) is 0.0159. The van der Waals surface area contributed by atoms with Crippen molar-refractivity contribution in [2.45, 2.75) is 6.42 Å². The zero-order chi connectivity index (χ0) is 45.4. The Morgan fingerprint density at radius 1 is 0.362 bits per heavy atom. The highest BCUT2D eigenvalue weighted by molar-refractivity contribution is 6.17. The van der Waals surface area contributed by atoms with Crippen molar-refractivity contribution in [3.8, 4) is 51.0 Å². The zero-order valence-electron chi connectivity index (χ0n) is 37.2. The normalized spacial score (nSPS) is 11.8. The molecule has 0 saturated carbocycles. The van der Waals surface area contributed by atoms with Gasteiger partial charge in [0.2, 0.25) is 5.95 Å². The molecule has 0 unspecified atom stereocenters. The molecule has 6 heteroatoms. The molecule has 4 heterocycles. The number of rotatable bonds is 7. The molecule has 0 fully saturated rings. The summed E-state index contributed by atoms with van der Waals surface area (Å²) >= 11 is 0. The molecule has 10 aromatic carbocycles. The molecular formula is C63H39N5O. The van der Waals surface area contributed by atoms with E-state index < -0.39 is 0 Å². The lowest BCUT2D eigenvalue weighted by Gasteiger charge is -2.16. The van der Waals surface area contributed by atoms with Crippen molar-refractivity contribution in [2.75, 3.05) is 0 Å². The molecule has 14 rings (SSSR count). The summed E-state index contributed by atoms with van der Waals surface area (Å²) < 4.78 is 8.58. The van der Waals surface area contributed by atoms with Crippen LogP contribution in [0.3, 0.4) is 0 Å². The van der Waals surface area contributed by atoms with Crippen LogP contribution >= 0.6 is 0 Å². The second-order valence-corrected chi connectivity index (χ2v) is 17.7. The van der Waals surface area contributed by atoms with E-state index in [-0.39, 0.29) is 0 Å². The Labute approximate surface area is 396 Å². The van der Waals surface area contributed by atoms with Crippen LogP contribution in [0.4, 0.5) is 0 Å². The Hall–Kier alpha value is -9.26. The van der Waals surface area contributed by atoms with Crippen LogP contribution in [0.1, 0.15) is 11.1 Å². The number of fused-ring (bicyclic) bond motifs is 10. The fourth-order valence-corrected chi connectivity index (χ4v) is 10.5. The second-order valence-electron chi connectivity index (χ2n) is 17.7. The minimum Gasteiger partial charge on any atom is -0.456 e. The van der Waals surface area contributed by atoms with E-state index in [9.17, 15) is 0 Å². The van der Waals surface area contributed by atoms with E-state index in [1.54, 1.807) is 0 Å². The van der Waals surface area contributed by atoms with Gasteiger partial charge in [-0.05, 0) is 88.0 Å². The maximum absolute atomic E-state index is 6.36. The maximum Gasteiger partial charge on any atom is 0.235 e. The molecule has 0 aliphatic carbocycles.